The minimum absolute atomic E-state index is 0.0372. The van der Waals surface area contributed by atoms with Crippen LogP contribution in [0.15, 0.2) is 10.7 Å². The Kier molecular flexibility index (Phi) is 3.64. The molecule has 1 aromatic rings. The predicted octanol–water partition coefficient (Wildman–Crippen LogP) is 3.52. The lowest BCUT2D eigenvalue weighted by molar-refractivity contribution is 0.00864. The Hall–Kier alpha value is -1.04. The molecule has 0 fully saturated rings. The molecule has 106 valence electrons. The van der Waals surface area contributed by atoms with E-state index in [4.69, 9.17) is 4.74 Å². The van der Waals surface area contributed by atoms with Gasteiger partial charge in [0.15, 0.2) is 0 Å². The Bertz CT molecular complexity index is 493. The number of hydrogen-bond acceptors (Lipinski definition) is 3. The largest absolute Gasteiger partial charge is 0.444 e. The molecule has 1 aliphatic heterocycles. The second-order valence-electron chi connectivity index (χ2n) is 5.99. The van der Waals surface area contributed by atoms with Crippen LogP contribution in [0.2, 0.25) is 0 Å². The Balaban J connectivity index is 2.24. The third-order valence-corrected chi connectivity index (χ3v) is 3.52. The topological polar surface area (TPSA) is 47.4 Å². The van der Waals surface area contributed by atoms with E-state index < -0.39 is 5.60 Å². The van der Waals surface area contributed by atoms with Crippen LogP contribution in [0.4, 0.5) is 4.79 Å². The molecule has 0 aliphatic carbocycles. The molecule has 6 heteroatoms. The molecule has 2 atom stereocenters. The van der Waals surface area contributed by atoms with Gasteiger partial charge in [0.05, 0.1) is 17.8 Å². The third-order valence-electron chi connectivity index (χ3n) is 3.14. The zero-order chi connectivity index (χ0) is 14.4. The Morgan fingerprint density at radius 3 is 2.68 bits per heavy atom. The summed E-state index contributed by atoms with van der Waals surface area (Å²) in [5, 5.41) is 4.41. The van der Waals surface area contributed by atoms with Gasteiger partial charge in [-0.25, -0.2) is 4.79 Å². The highest BCUT2D eigenvalue weighted by atomic mass is 79.9. The Morgan fingerprint density at radius 2 is 2.11 bits per heavy atom. The van der Waals surface area contributed by atoms with Gasteiger partial charge in [0.1, 0.15) is 10.2 Å². The van der Waals surface area contributed by atoms with E-state index in [2.05, 4.69) is 21.0 Å². The van der Waals surface area contributed by atoms with Crippen LogP contribution in [0.5, 0.6) is 0 Å². The van der Waals surface area contributed by atoms with E-state index in [9.17, 15) is 4.79 Å². The molecule has 1 aromatic heterocycles. The summed E-state index contributed by atoms with van der Waals surface area (Å²) in [6.07, 6.45) is -0.268. The fourth-order valence-corrected chi connectivity index (χ4v) is 2.68. The zero-order valence-corrected chi connectivity index (χ0v) is 13.6. The van der Waals surface area contributed by atoms with Crippen LogP contribution in [0.1, 0.15) is 52.4 Å². The maximum atomic E-state index is 12.2. The van der Waals surface area contributed by atoms with Gasteiger partial charge >= 0.3 is 6.09 Å². The third kappa shape index (κ3) is 2.94. The summed E-state index contributed by atoms with van der Waals surface area (Å²) in [5.74, 6) is 0. The first-order valence-corrected chi connectivity index (χ1v) is 7.23. The summed E-state index contributed by atoms with van der Waals surface area (Å²) >= 11 is 3.39. The van der Waals surface area contributed by atoms with Crippen molar-refractivity contribution in [1.82, 2.24) is 14.7 Å². The van der Waals surface area contributed by atoms with Crippen molar-refractivity contribution in [2.75, 3.05) is 6.54 Å². The number of amides is 1. The number of aromatic nitrogens is 2. The number of rotatable bonds is 0. The lowest BCUT2D eigenvalue weighted by atomic mass is 10.1. The van der Waals surface area contributed by atoms with Crippen LogP contribution in [-0.4, -0.2) is 32.9 Å². The molecular weight excluding hydrogens is 310 g/mol. The number of ether oxygens (including phenoxy) is 1. The lowest BCUT2D eigenvalue weighted by Crippen LogP contribution is -2.45. The molecule has 0 radical (unpaired) electrons. The van der Waals surface area contributed by atoms with Gasteiger partial charge in [-0.3, -0.25) is 9.58 Å². The molecule has 0 bridgehead atoms. The highest BCUT2D eigenvalue weighted by Crippen LogP contribution is 2.32. The summed E-state index contributed by atoms with van der Waals surface area (Å²) in [6.45, 7) is 10.3. The first-order valence-electron chi connectivity index (χ1n) is 6.43. The molecular formula is C13H20BrN3O2. The SMILES string of the molecule is CC1c2cc(Br)nn2C(C)CN1C(=O)OC(C)(C)C. The van der Waals surface area contributed by atoms with Crippen molar-refractivity contribution in [2.45, 2.75) is 52.3 Å². The maximum Gasteiger partial charge on any atom is 0.410 e. The van der Waals surface area contributed by atoms with Gasteiger partial charge in [-0.05, 0) is 56.6 Å². The van der Waals surface area contributed by atoms with E-state index in [0.29, 0.717) is 6.54 Å². The van der Waals surface area contributed by atoms with Gasteiger partial charge < -0.3 is 4.74 Å². The molecule has 0 N–H and O–H groups in total. The van der Waals surface area contributed by atoms with Crippen molar-refractivity contribution >= 4 is 22.0 Å². The van der Waals surface area contributed by atoms with E-state index in [-0.39, 0.29) is 18.2 Å². The molecule has 2 rings (SSSR count). The molecule has 0 spiro atoms. The van der Waals surface area contributed by atoms with Crippen LogP contribution in [0, 0.1) is 0 Å². The highest BCUT2D eigenvalue weighted by Gasteiger charge is 2.35. The summed E-state index contributed by atoms with van der Waals surface area (Å²) < 4.78 is 8.23. The summed E-state index contributed by atoms with van der Waals surface area (Å²) in [4.78, 5) is 14.0. The van der Waals surface area contributed by atoms with Gasteiger partial charge in [0.2, 0.25) is 0 Å². The van der Waals surface area contributed by atoms with Crippen molar-refractivity contribution in [3.63, 3.8) is 0 Å². The zero-order valence-electron chi connectivity index (χ0n) is 12.0. The molecule has 1 amide bonds. The molecule has 0 aromatic carbocycles. The molecule has 19 heavy (non-hydrogen) atoms. The van der Waals surface area contributed by atoms with Gasteiger partial charge in [0.25, 0.3) is 0 Å². The molecule has 5 nitrogen and oxygen atoms in total. The van der Waals surface area contributed by atoms with E-state index in [1.807, 2.05) is 45.4 Å². The van der Waals surface area contributed by atoms with Gasteiger partial charge in [-0.15, -0.1) is 0 Å². The number of hydrogen-bond donors (Lipinski definition) is 0. The van der Waals surface area contributed by atoms with Crippen molar-refractivity contribution < 1.29 is 9.53 Å². The number of carbonyl (C=O) groups is 1. The minimum atomic E-state index is -0.474. The second-order valence-corrected chi connectivity index (χ2v) is 6.81. The second kappa shape index (κ2) is 4.81. The number of fused-ring (bicyclic) bond motifs is 1. The lowest BCUT2D eigenvalue weighted by Gasteiger charge is -2.38. The van der Waals surface area contributed by atoms with E-state index in [0.717, 1.165) is 10.3 Å². The molecule has 2 heterocycles. The first kappa shape index (κ1) is 14.4. The van der Waals surface area contributed by atoms with Crippen LogP contribution >= 0.6 is 15.9 Å². The first-order chi connectivity index (χ1) is 8.69. The fraction of sp³-hybridized carbons (Fsp3) is 0.692. The number of carbonyl (C=O) groups excluding carboxylic acids is 1. The monoisotopic (exact) mass is 329 g/mol. The number of halogens is 1. The van der Waals surface area contributed by atoms with Crippen LogP contribution in [0.3, 0.4) is 0 Å². The van der Waals surface area contributed by atoms with E-state index in [1.165, 1.54) is 0 Å². The van der Waals surface area contributed by atoms with Gasteiger partial charge in [-0.1, -0.05) is 0 Å². The Morgan fingerprint density at radius 1 is 1.47 bits per heavy atom. The minimum Gasteiger partial charge on any atom is -0.444 e. The van der Waals surface area contributed by atoms with Crippen LogP contribution in [-0.2, 0) is 4.74 Å². The molecule has 0 saturated carbocycles. The van der Waals surface area contributed by atoms with Crippen LogP contribution in [0.25, 0.3) is 0 Å². The summed E-state index contributed by atoms with van der Waals surface area (Å²) in [6, 6.07) is 2.06. The molecule has 0 saturated heterocycles. The normalized spacial score (nSPS) is 23.2. The average Bonchev–Trinajstić information content (AvgIpc) is 2.63. The van der Waals surface area contributed by atoms with Gasteiger partial charge in [-0.2, -0.15) is 5.10 Å². The van der Waals surface area contributed by atoms with Crippen molar-refractivity contribution in [1.29, 1.82) is 0 Å². The van der Waals surface area contributed by atoms with E-state index >= 15 is 0 Å². The van der Waals surface area contributed by atoms with E-state index in [1.54, 1.807) is 4.90 Å². The highest BCUT2D eigenvalue weighted by molar-refractivity contribution is 9.10. The summed E-state index contributed by atoms with van der Waals surface area (Å²) in [5.41, 5.74) is 0.551. The molecule has 2 unspecified atom stereocenters. The van der Waals surface area contributed by atoms with Crippen molar-refractivity contribution in [3.05, 3.63) is 16.4 Å². The van der Waals surface area contributed by atoms with Crippen LogP contribution < -0.4 is 0 Å². The Labute approximate surface area is 122 Å². The van der Waals surface area contributed by atoms with Crippen molar-refractivity contribution in [2.24, 2.45) is 0 Å². The quantitative estimate of drug-likeness (QED) is 0.731. The maximum absolute atomic E-state index is 12.2. The summed E-state index contributed by atoms with van der Waals surface area (Å²) in [7, 11) is 0. The van der Waals surface area contributed by atoms with Crippen molar-refractivity contribution in [3.8, 4) is 0 Å². The standard InChI is InChI=1S/C13H20BrN3O2/c1-8-7-16(12(18)19-13(3,4)5)9(2)10-6-11(14)15-17(8)10/h6,8-9H,7H2,1-5H3. The fourth-order valence-electron chi connectivity index (χ4n) is 2.28. The molecule has 1 aliphatic rings. The van der Waals surface area contributed by atoms with Gasteiger partial charge in [0, 0.05) is 6.54 Å². The smallest absolute Gasteiger partial charge is 0.410 e. The average molecular weight is 330 g/mol. The number of nitrogens with zero attached hydrogens (tertiary/aromatic N) is 3. The predicted molar refractivity (Wildman–Crippen MR) is 76.0 cm³/mol.